The van der Waals surface area contributed by atoms with Gasteiger partial charge in [-0.1, -0.05) is 72.3 Å². The molecular formula is C31H30N2O3. The van der Waals surface area contributed by atoms with Crippen LogP contribution in [0.1, 0.15) is 53.1 Å². The zero-order chi connectivity index (χ0) is 25.2. The molecule has 0 aliphatic heterocycles. The van der Waals surface area contributed by atoms with Gasteiger partial charge >= 0.3 is 0 Å². The topological polar surface area (TPSA) is 79.0 Å². The molecule has 2 N–H and O–H groups in total. The highest BCUT2D eigenvalue weighted by Crippen LogP contribution is 2.45. The second-order valence-corrected chi connectivity index (χ2v) is 9.70. The number of Topliss-reactive ketones (excluding diaryl/α,β-unsaturated/α-hetero) is 2. The van der Waals surface area contributed by atoms with Gasteiger partial charge in [0.05, 0.1) is 11.8 Å². The van der Waals surface area contributed by atoms with Gasteiger partial charge in [0.1, 0.15) is 5.78 Å². The first kappa shape index (κ1) is 23.7. The summed E-state index contributed by atoms with van der Waals surface area (Å²) < 4.78 is 0. The quantitative estimate of drug-likeness (QED) is 0.357. The Balaban J connectivity index is 1.65. The molecule has 3 atom stereocenters. The van der Waals surface area contributed by atoms with Gasteiger partial charge in [0.2, 0.25) is 5.91 Å². The van der Waals surface area contributed by atoms with Crippen LogP contribution in [0.5, 0.6) is 0 Å². The van der Waals surface area contributed by atoms with E-state index in [0.29, 0.717) is 13.0 Å². The minimum Gasteiger partial charge on any atom is -0.358 e. The van der Waals surface area contributed by atoms with Crippen LogP contribution in [-0.2, 0) is 20.8 Å². The molecule has 1 aliphatic carbocycles. The third-order valence-electron chi connectivity index (χ3n) is 7.25. The fraction of sp³-hybridized carbons (Fsp3) is 0.258. The molecule has 5 heteroatoms. The molecule has 1 saturated carbocycles. The van der Waals surface area contributed by atoms with Gasteiger partial charge in [-0.15, -0.1) is 0 Å². The van der Waals surface area contributed by atoms with E-state index in [4.69, 9.17) is 0 Å². The van der Waals surface area contributed by atoms with E-state index in [1.807, 2.05) is 73.7 Å². The fourth-order valence-electron chi connectivity index (χ4n) is 5.59. The smallest absolute Gasteiger partial charge is 0.216 e. The number of aromatic nitrogens is 1. The summed E-state index contributed by atoms with van der Waals surface area (Å²) in [5.74, 6) is -1.76. The Morgan fingerprint density at radius 3 is 2.39 bits per heavy atom. The van der Waals surface area contributed by atoms with Crippen molar-refractivity contribution in [2.24, 2.45) is 5.92 Å². The number of amides is 1. The molecule has 0 saturated heterocycles. The molecule has 3 aromatic carbocycles. The van der Waals surface area contributed by atoms with Crippen molar-refractivity contribution in [3.05, 3.63) is 107 Å². The zero-order valence-corrected chi connectivity index (χ0v) is 20.6. The van der Waals surface area contributed by atoms with E-state index in [9.17, 15) is 14.4 Å². The van der Waals surface area contributed by atoms with Crippen molar-refractivity contribution in [1.82, 2.24) is 10.3 Å². The molecule has 0 bridgehead atoms. The lowest BCUT2D eigenvalue weighted by Crippen LogP contribution is -2.27. The van der Waals surface area contributed by atoms with E-state index in [1.165, 1.54) is 6.92 Å². The van der Waals surface area contributed by atoms with Gasteiger partial charge in [-0.2, -0.15) is 0 Å². The summed E-state index contributed by atoms with van der Waals surface area (Å²) in [7, 11) is 0. The maximum Gasteiger partial charge on any atom is 0.216 e. The molecule has 1 aromatic heterocycles. The SMILES string of the molecule is CC(=O)NCCc1c(C(c2ccccc2)C2C(=O)CC(c3ccccc3)C2=O)[nH]c2ccc(C)cc12. The van der Waals surface area contributed by atoms with Crippen LogP contribution in [0.15, 0.2) is 78.9 Å². The Morgan fingerprint density at radius 2 is 1.69 bits per heavy atom. The predicted octanol–water partition coefficient (Wildman–Crippen LogP) is 5.23. The number of aryl methyl sites for hydroxylation is 1. The number of fused-ring (bicyclic) bond motifs is 1. The van der Waals surface area contributed by atoms with Crippen molar-refractivity contribution in [3.63, 3.8) is 0 Å². The van der Waals surface area contributed by atoms with E-state index in [0.717, 1.165) is 38.9 Å². The first-order chi connectivity index (χ1) is 17.4. The lowest BCUT2D eigenvalue weighted by molar-refractivity contribution is -0.128. The number of aromatic amines is 1. The lowest BCUT2D eigenvalue weighted by Gasteiger charge is -2.24. The lowest BCUT2D eigenvalue weighted by atomic mass is 9.78. The van der Waals surface area contributed by atoms with Crippen molar-refractivity contribution in [2.75, 3.05) is 6.54 Å². The number of carbonyl (C=O) groups excluding carboxylic acids is 3. The van der Waals surface area contributed by atoms with Crippen LogP contribution in [-0.4, -0.2) is 29.0 Å². The number of ketones is 2. The molecular weight excluding hydrogens is 448 g/mol. The van der Waals surface area contributed by atoms with Crippen LogP contribution in [0.4, 0.5) is 0 Å². The number of rotatable bonds is 7. The second kappa shape index (κ2) is 9.94. The summed E-state index contributed by atoms with van der Waals surface area (Å²) >= 11 is 0. The van der Waals surface area contributed by atoms with E-state index in [1.54, 1.807) is 0 Å². The predicted molar refractivity (Wildman–Crippen MR) is 141 cm³/mol. The Bertz CT molecular complexity index is 1420. The Hall–Kier alpha value is -3.99. The summed E-state index contributed by atoms with van der Waals surface area (Å²) in [5.41, 5.74) is 5.84. The van der Waals surface area contributed by atoms with E-state index >= 15 is 0 Å². The standard InChI is InChI=1S/C31H30N2O3/c1-19-13-14-26-25(17-19)23(15-16-32-20(2)34)30(33-26)28(22-11-7-4-8-12-22)29-27(35)18-24(31(29)36)21-9-5-3-6-10-21/h3-14,17,24,28-29,33H,15-16,18H2,1-2H3,(H,32,34). The van der Waals surface area contributed by atoms with E-state index in [-0.39, 0.29) is 23.9 Å². The molecule has 1 amide bonds. The largest absolute Gasteiger partial charge is 0.358 e. The molecule has 5 nitrogen and oxygen atoms in total. The normalized spacial score (nSPS) is 18.5. The summed E-state index contributed by atoms with van der Waals surface area (Å²) in [5, 5.41) is 3.96. The fourth-order valence-corrected chi connectivity index (χ4v) is 5.59. The number of carbonyl (C=O) groups is 3. The molecule has 182 valence electrons. The molecule has 1 fully saturated rings. The molecule has 36 heavy (non-hydrogen) atoms. The van der Waals surface area contributed by atoms with Crippen LogP contribution < -0.4 is 5.32 Å². The van der Waals surface area contributed by atoms with E-state index < -0.39 is 17.8 Å². The van der Waals surface area contributed by atoms with Crippen molar-refractivity contribution in [2.45, 2.75) is 38.5 Å². The first-order valence-electron chi connectivity index (χ1n) is 12.5. The maximum absolute atomic E-state index is 13.9. The number of hydrogen-bond acceptors (Lipinski definition) is 3. The van der Waals surface area contributed by atoms with Crippen LogP contribution in [0.3, 0.4) is 0 Å². The molecule has 5 rings (SSSR count). The zero-order valence-electron chi connectivity index (χ0n) is 20.6. The minimum atomic E-state index is -0.772. The van der Waals surface area contributed by atoms with Crippen LogP contribution >= 0.6 is 0 Å². The van der Waals surface area contributed by atoms with Crippen LogP contribution in [0, 0.1) is 12.8 Å². The van der Waals surface area contributed by atoms with Crippen LogP contribution in [0.2, 0.25) is 0 Å². The van der Waals surface area contributed by atoms with Gasteiger partial charge in [-0.3, -0.25) is 14.4 Å². The van der Waals surface area contributed by atoms with Crippen molar-refractivity contribution in [3.8, 4) is 0 Å². The third kappa shape index (κ3) is 4.49. The summed E-state index contributed by atoms with van der Waals surface area (Å²) in [6.45, 7) is 4.03. The molecule has 4 aromatic rings. The molecule has 3 unspecified atom stereocenters. The second-order valence-electron chi connectivity index (χ2n) is 9.70. The highest BCUT2D eigenvalue weighted by Gasteiger charge is 2.47. The van der Waals surface area contributed by atoms with Crippen LogP contribution in [0.25, 0.3) is 10.9 Å². The number of H-pyrrole nitrogens is 1. The average molecular weight is 479 g/mol. The van der Waals surface area contributed by atoms with Crippen molar-refractivity contribution < 1.29 is 14.4 Å². The Morgan fingerprint density at radius 1 is 1.00 bits per heavy atom. The average Bonchev–Trinajstić information content (AvgIpc) is 3.37. The monoisotopic (exact) mass is 478 g/mol. The summed E-state index contributed by atoms with van der Waals surface area (Å²) in [6.07, 6.45) is 0.816. The van der Waals surface area contributed by atoms with Crippen molar-refractivity contribution >= 4 is 28.4 Å². The van der Waals surface area contributed by atoms with E-state index in [2.05, 4.69) is 22.4 Å². The Kier molecular flexibility index (Phi) is 6.55. The third-order valence-corrected chi connectivity index (χ3v) is 7.25. The van der Waals surface area contributed by atoms with Gasteiger partial charge in [-0.25, -0.2) is 0 Å². The maximum atomic E-state index is 13.9. The van der Waals surface area contributed by atoms with Crippen molar-refractivity contribution in [1.29, 1.82) is 0 Å². The number of hydrogen-bond donors (Lipinski definition) is 2. The number of benzene rings is 3. The minimum absolute atomic E-state index is 0.0228. The summed E-state index contributed by atoms with van der Waals surface area (Å²) in [4.78, 5) is 42.6. The van der Waals surface area contributed by atoms with Gasteiger partial charge in [0.25, 0.3) is 0 Å². The molecule has 1 heterocycles. The summed E-state index contributed by atoms with van der Waals surface area (Å²) in [6, 6.07) is 25.7. The number of nitrogens with one attached hydrogen (secondary N) is 2. The van der Waals surface area contributed by atoms with Gasteiger partial charge < -0.3 is 10.3 Å². The highest BCUT2D eigenvalue weighted by atomic mass is 16.2. The first-order valence-corrected chi connectivity index (χ1v) is 12.5. The highest BCUT2D eigenvalue weighted by molar-refractivity contribution is 6.13. The van der Waals surface area contributed by atoms with Gasteiger partial charge in [0, 0.05) is 42.4 Å². The van der Waals surface area contributed by atoms with Gasteiger partial charge in [0.15, 0.2) is 5.78 Å². The molecule has 1 aliphatic rings. The van der Waals surface area contributed by atoms with Gasteiger partial charge in [-0.05, 0) is 42.2 Å². The molecule has 0 radical (unpaired) electrons. The molecule has 0 spiro atoms. The Labute approximate surface area is 210 Å².